The summed E-state index contributed by atoms with van der Waals surface area (Å²) in [4.78, 5) is 12.2. The molecule has 166 valence electrons. The Morgan fingerprint density at radius 2 is 1.58 bits per heavy atom. The van der Waals surface area contributed by atoms with Gasteiger partial charge in [0.2, 0.25) is 0 Å². The molecule has 0 unspecified atom stereocenters. The minimum absolute atomic E-state index is 0.273. The molecule has 0 spiro atoms. The highest BCUT2D eigenvalue weighted by atomic mass is 32.2. The van der Waals surface area contributed by atoms with Crippen LogP contribution >= 0.6 is 0 Å². The van der Waals surface area contributed by atoms with Crippen molar-refractivity contribution in [1.29, 1.82) is 0 Å². The maximum Gasteiger partial charge on any atom is 0.485 e. The molecule has 0 bridgehead atoms. The summed E-state index contributed by atoms with van der Waals surface area (Å²) in [6.45, 7) is 2.10. The Hall–Kier alpha value is -3.25. The summed E-state index contributed by atoms with van der Waals surface area (Å²) in [6.07, 6.45) is 0. The van der Waals surface area contributed by atoms with Gasteiger partial charge in [-0.1, -0.05) is 41.1 Å². The zero-order valence-corrected chi connectivity index (χ0v) is 17.2. The van der Waals surface area contributed by atoms with E-state index in [1.165, 1.54) is 0 Å². The molecule has 0 aliphatic rings. The van der Waals surface area contributed by atoms with E-state index in [-0.39, 0.29) is 5.82 Å². The van der Waals surface area contributed by atoms with Gasteiger partial charge in [0.1, 0.15) is 5.69 Å². The van der Waals surface area contributed by atoms with E-state index in [4.69, 9.17) is 17.7 Å². The van der Waals surface area contributed by atoms with E-state index in [0.29, 0.717) is 6.61 Å². The second kappa shape index (κ2) is 9.71. The fourth-order valence-electron chi connectivity index (χ4n) is 2.48. The smallest absolute Gasteiger partial charge is 0.485 e. The lowest BCUT2D eigenvalue weighted by Gasteiger charge is -2.08. The minimum atomic E-state index is -6.09. The number of hydrogen-bond acceptors (Lipinski definition) is 6. The van der Waals surface area contributed by atoms with Crippen LogP contribution in [0.5, 0.6) is 0 Å². The van der Waals surface area contributed by atoms with E-state index in [2.05, 4.69) is 5.10 Å². The second-order valence-corrected chi connectivity index (χ2v) is 7.31. The molecular formula is C19H18F3N3O5S. The first-order valence-corrected chi connectivity index (χ1v) is 10.2. The molecule has 8 nitrogen and oxygen atoms in total. The van der Waals surface area contributed by atoms with Crippen molar-refractivity contribution in [2.24, 2.45) is 7.05 Å². The molecule has 0 N–H and O–H groups in total. The predicted octanol–water partition coefficient (Wildman–Crippen LogP) is 2.59. The van der Waals surface area contributed by atoms with Gasteiger partial charge in [-0.15, -0.1) is 0 Å². The first-order valence-electron chi connectivity index (χ1n) is 8.76. The molecular weight excluding hydrogens is 439 g/mol. The molecule has 3 aromatic rings. The summed E-state index contributed by atoms with van der Waals surface area (Å²) in [5, 5.41) is 4.48. The summed E-state index contributed by atoms with van der Waals surface area (Å²) in [6, 6.07) is 19.6. The van der Waals surface area contributed by atoms with E-state index < -0.39 is 21.6 Å². The van der Waals surface area contributed by atoms with Crippen LogP contribution in [0, 0.1) is 0 Å². The number of hydrogen-bond donors (Lipinski definition) is 0. The van der Waals surface area contributed by atoms with Gasteiger partial charge in [-0.05, 0) is 31.2 Å². The molecule has 0 saturated carbocycles. The van der Waals surface area contributed by atoms with Crippen molar-refractivity contribution in [2.45, 2.75) is 12.4 Å². The van der Waals surface area contributed by atoms with Crippen LogP contribution in [-0.4, -0.2) is 40.8 Å². The Morgan fingerprint density at radius 3 is 2.03 bits per heavy atom. The number of carbonyl (C=O) groups is 1. The number of para-hydroxylation sites is 1. The molecule has 0 saturated heterocycles. The Bertz CT molecular complexity index is 1130. The van der Waals surface area contributed by atoms with Crippen LogP contribution in [0.2, 0.25) is 0 Å². The topological polar surface area (TPSA) is 105 Å². The SMILES string of the molecule is CCOC(=O)c1nn(-c2ccccc2)c(-c2ccccc2)[n+]1C.O=S(=O)([O-])C(F)(F)F. The quantitative estimate of drug-likeness (QED) is 0.258. The molecule has 0 amide bonds. The van der Waals surface area contributed by atoms with Crippen molar-refractivity contribution in [3.8, 4) is 17.1 Å². The molecule has 0 aliphatic heterocycles. The third-order valence-corrected chi connectivity index (χ3v) is 4.37. The predicted molar refractivity (Wildman–Crippen MR) is 102 cm³/mol. The summed E-state index contributed by atoms with van der Waals surface area (Å²) < 4.78 is 67.5. The largest absolute Gasteiger partial charge is 0.741 e. The van der Waals surface area contributed by atoms with Crippen LogP contribution in [0.3, 0.4) is 0 Å². The summed E-state index contributed by atoms with van der Waals surface area (Å²) in [7, 11) is -4.27. The number of halogens is 3. The van der Waals surface area contributed by atoms with Crippen molar-refractivity contribution in [2.75, 3.05) is 6.61 Å². The van der Waals surface area contributed by atoms with Gasteiger partial charge in [-0.3, -0.25) is 0 Å². The van der Waals surface area contributed by atoms with E-state index >= 15 is 0 Å². The third kappa shape index (κ3) is 5.89. The zero-order chi connectivity index (χ0) is 23.2. The minimum Gasteiger partial charge on any atom is -0.741 e. The van der Waals surface area contributed by atoms with Gasteiger partial charge in [0.15, 0.2) is 10.1 Å². The van der Waals surface area contributed by atoms with Crippen molar-refractivity contribution < 1.29 is 40.2 Å². The first-order chi connectivity index (χ1) is 14.5. The maximum atomic E-state index is 12.2. The van der Waals surface area contributed by atoms with E-state index in [9.17, 15) is 18.0 Å². The number of benzene rings is 2. The van der Waals surface area contributed by atoms with Crippen molar-refractivity contribution in [1.82, 2.24) is 9.78 Å². The Balaban J connectivity index is 0.000000366. The molecule has 2 aromatic carbocycles. The second-order valence-electron chi connectivity index (χ2n) is 5.94. The molecule has 0 radical (unpaired) electrons. The summed E-state index contributed by atoms with van der Waals surface area (Å²) in [5.41, 5.74) is -3.79. The molecule has 1 heterocycles. The van der Waals surface area contributed by atoms with Gasteiger partial charge in [0, 0.05) is 0 Å². The highest BCUT2D eigenvalue weighted by Gasteiger charge is 2.37. The van der Waals surface area contributed by atoms with Gasteiger partial charge in [0.05, 0.1) is 24.3 Å². The average molecular weight is 457 g/mol. The molecule has 12 heteroatoms. The van der Waals surface area contributed by atoms with Crippen molar-refractivity contribution in [3.63, 3.8) is 0 Å². The number of aromatic nitrogens is 3. The van der Waals surface area contributed by atoms with Crippen molar-refractivity contribution >= 4 is 16.1 Å². The summed E-state index contributed by atoms with van der Waals surface area (Å²) in [5.74, 6) is 0.663. The van der Waals surface area contributed by atoms with E-state index in [1.54, 1.807) is 16.2 Å². The number of ether oxygens (including phenoxy) is 1. The molecule has 3 rings (SSSR count). The van der Waals surface area contributed by atoms with Gasteiger partial charge < -0.3 is 9.29 Å². The lowest BCUT2D eigenvalue weighted by molar-refractivity contribution is -0.663. The molecule has 1 aromatic heterocycles. The molecule has 0 atom stereocenters. The van der Waals surface area contributed by atoms with Gasteiger partial charge in [0.25, 0.3) is 5.82 Å². The molecule has 0 aliphatic carbocycles. The van der Waals surface area contributed by atoms with Crippen LogP contribution < -0.4 is 4.57 Å². The van der Waals surface area contributed by atoms with Crippen LogP contribution in [0.15, 0.2) is 60.7 Å². The highest BCUT2D eigenvalue weighted by molar-refractivity contribution is 7.86. The number of esters is 1. The Kier molecular flexibility index (Phi) is 7.52. The van der Waals surface area contributed by atoms with Crippen LogP contribution in [-0.2, 0) is 21.9 Å². The zero-order valence-electron chi connectivity index (χ0n) is 16.4. The lowest BCUT2D eigenvalue weighted by atomic mass is 10.2. The normalized spacial score (nSPS) is 11.4. The van der Waals surface area contributed by atoms with Crippen LogP contribution in [0.25, 0.3) is 17.1 Å². The first kappa shape index (κ1) is 24.0. The van der Waals surface area contributed by atoms with E-state index in [1.807, 2.05) is 67.7 Å². The number of nitrogens with zero attached hydrogens (tertiary/aromatic N) is 3. The fraction of sp³-hybridized carbons (Fsp3) is 0.211. The average Bonchev–Trinajstić information content (AvgIpc) is 3.06. The standard InChI is InChI=1S/C18H18N3O2.CHF3O3S/c1-3-23-18(22)16-19-21(15-12-8-5-9-13-15)17(20(16)2)14-10-6-4-7-11-14;2-1(3,4)8(5,6)7/h4-13H,3H2,1-2H3;(H,5,6,7)/q+1;/p-1. The fourth-order valence-corrected chi connectivity index (χ4v) is 2.48. The molecule has 0 fully saturated rings. The maximum absolute atomic E-state index is 12.2. The summed E-state index contributed by atoms with van der Waals surface area (Å²) >= 11 is 0. The Morgan fingerprint density at radius 1 is 1.10 bits per heavy atom. The third-order valence-electron chi connectivity index (χ3n) is 3.80. The number of carbonyl (C=O) groups excluding carboxylic acids is 1. The monoisotopic (exact) mass is 457 g/mol. The molecule has 31 heavy (non-hydrogen) atoms. The van der Waals surface area contributed by atoms with Crippen LogP contribution in [0.4, 0.5) is 13.2 Å². The van der Waals surface area contributed by atoms with Crippen molar-refractivity contribution in [3.05, 3.63) is 66.5 Å². The van der Waals surface area contributed by atoms with Gasteiger partial charge in [-0.25, -0.2) is 17.8 Å². The van der Waals surface area contributed by atoms with Gasteiger partial charge in [-0.2, -0.15) is 13.2 Å². The van der Waals surface area contributed by atoms with Gasteiger partial charge >= 0.3 is 17.3 Å². The number of alkyl halides is 3. The van der Waals surface area contributed by atoms with E-state index in [0.717, 1.165) is 17.1 Å². The highest BCUT2D eigenvalue weighted by Crippen LogP contribution is 2.21. The number of rotatable bonds is 4. The Labute approximate surface area is 176 Å². The lowest BCUT2D eigenvalue weighted by Crippen LogP contribution is -2.37. The van der Waals surface area contributed by atoms with Crippen LogP contribution in [0.1, 0.15) is 17.5 Å².